The molecular weight excluding hydrogens is 224 g/mol. The quantitative estimate of drug-likeness (QED) is 0.616. The van der Waals surface area contributed by atoms with Crippen LogP contribution in [0.25, 0.3) is 0 Å². The Kier molecular flexibility index (Phi) is 5.22. The predicted molar refractivity (Wildman–Crippen MR) is 67.3 cm³/mol. The Morgan fingerprint density at radius 1 is 1.44 bits per heavy atom. The number of hydrogen-bond donors (Lipinski definition) is 2. The van der Waals surface area contributed by atoms with Crippen LogP contribution in [0, 0.1) is 6.92 Å². The van der Waals surface area contributed by atoms with Crippen molar-refractivity contribution in [2.24, 2.45) is 5.84 Å². The van der Waals surface area contributed by atoms with E-state index in [0.717, 1.165) is 16.1 Å². The highest BCUT2D eigenvalue weighted by Crippen LogP contribution is 2.24. The lowest BCUT2D eigenvalue weighted by atomic mass is 10.1. The van der Waals surface area contributed by atoms with Crippen LogP contribution >= 0.6 is 11.6 Å². The predicted octanol–water partition coefficient (Wildman–Crippen LogP) is 2.58. The summed E-state index contributed by atoms with van der Waals surface area (Å²) in [7, 11) is 0. The molecule has 0 aliphatic carbocycles. The van der Waals surface area contributed by atoms with Gasteiger partial charge in [0, 0.05) is 5.02 Å². The van der Waals surface area contributed by atoms with Gasteiger partial charge in [0.1, 0.15) is 0 Å². The van der Waals surface area contributed by atoms with Gasteiger partial charge in [-0.3, -0.25) is 11.3 Å². The van der Waals surface area contributed by atoms with E-state index in [4.69, 9.17) is 22.2 Å². The fraction of sp³-hybridized carbons (Fsp3) is 0.500. The average Bonchev–Trinajstić information content (AvgIpc) is 2.21. The molecule has 0 amide bonds. The van der Waals surface area contributed by atoms with E-state index in [1.165, 1.54) is 0 Å². The van der Waals surface area contributed by atoms with E-state index < -0.39 is 0 Å². The number of hydrazine groups is 1. The third-order valence-electron chi connectivity index (χ3n) is 2.33. The molecule has 0 bridgehead atoms. The Bertz CT molecular complexity index is 342. The lowest BCUT2D eigenvalue weighted by molar-refractivity contribution is 0.0611. The van der Waals surface area contributed by atoms with Crippen molar-refractivity contribution in [2.75, 3.05) is 6.61 Å². The van der Waals surface area contributed by atoms with Crippen molar-refractivity contribution in [3.05, 3.63) is 34.3 Å². The first-order valence-electron chi connectivity index (χ1n) is 5.38. The molecule has 0 saturated carbocycles. The number of benzene rings is 1. The summed E-state index contributed by atoms with van der Waals surface area (Å²) in [6.07, 6.45) is 0.181. The lowest BCUT2D eigenvalue weighted by Gasteiger charge is -2.19. The molecule has 0 radical (unpaired) electrons. The van der Waals surface area contributed by atoms with Crippen molar-refractivity contribution >= 4 is 11.6 Å². The summed E-state index contributed by atoms with van der Waals surface area (Å²) in [5.74, 6) is 5.51. The molecule has 1 aromatic carbocycles. The van der Waals surface area contributed by atoms with Gasteiger partial charge in [0.15, 0.2) is 0 Å². The first kappa shape index (κ1) is 13.5. The molecule has 3 nitrogen and oxygen atoms in total. The molecule has 0 saturated heterocycles. The highest BCUT2D eigenvalue weighted by molar-refractivity contribution is 6.31. The third-order valence-corrected chi connectivity index (χ3v) is 2.66. The fourth-order valence-corrected chi connectivity index (χ4v) is 1.80. The first-order chi connectivity index (χ1) is 7.54. The smallest absolute Gasteiger partial charge is 0.0708 e. The molecule has 1 atom stereocenters. The van der Waals surface area contributed by atoms with Crippen molar-refractivity contribution < 1.29 is 4.74 Å². The zero-order valence-electron chi connectivity index (χ0n) is 9.96. The summed E-state index contributed by atoms with van der Waals surface area (Å²) in [5.41, 5.74) is 4.83. The standard InChI is InChI=1S/C12H19ClN2O/c1-8(2)16-7-12(15-14)10-5-4-9(3)6-11(10)13/h4-6,8,12,15H,7,14H2,1-3H3. The molecule has 90 valence electrons. The minimum atomic E-state index is -0.0736. The summed E-state index contributed by atoms with van der Waals surface area (Å²) < 4.78 is 5.53. The Labute approximate surface area is 102 Å². The molecule has 1 rings (SSSR count). The molecule has 0 spiro atoms. The van der Waals surface area contributed by atoms with E-state index >= 15 is 0 Å². The van der Waals surface area contributed by atoms with E-state index in [9.17, 15) is 0 Å². The van der Waals surface area contributed by atoms with Gasteiger partial charge < -0.3 is 4.74 Å². The second-order valence-corrected chi connectivity index (χ2v) is 4.53. The monoisotopic (exact) mass is 242 g/mol. The van der Waals surface area contributed by atoms with Gasteiger partial charge in [0.05, 0.1) is 18.8 Å². The molecule has 0 aliphatic rings. The molecule has 1 aromatic rings. The summed E-state index contributed by atoms with van der Waals surface area (Å²) in [6.45, 7) is 6.50. The molecule has 0 aliphatic heterocycles. The van der Waals surface area contributed by atoms with Gasteiger partial charge in [-0.25, -0.2) is 0 Å². The van der Waals surface area contributed by atoms with Gasteiger partial charge in [0.2, 0.25) is 0 Å². The number of halogens is 1. The minimum Gasteiger partial charge on any atom is -0.377 e. The molecule has 0 heterocycles. The maximum atomic E-state index is 6.17. The second kappa shape index (κ2) is 6.21. The molecule has 1 unspecified atom stereocenters. The van der Waals surface area contributed by atoms with Crippen molar-refractivity contribution in [1.29, 1.82) is 0 Å². The van der Waals surface area contributed by atoms with Gasteiger partial charge >= 0.3 is 0 Å². The number of nitrogens with two attached hydrogens (primary N) is 1. The Morgan fingerprint density at radius 2 is 2.12 bits per heavy atom. The maximum absolute atomic E-state index is 6.17. The number of hydrogen-bond acceptors (Lipinski definition) is 3. The molecule has 0 aromatic heterocycles. The first-order valence-corrected chi connectivity index (χ1v) is 5.76. The molecule has 4 heteroatoms. The van der Waals surface area contributed by atoms with Gasteiger partial charge in [-0.05, 0) is 38.0 Å². The van der Waals surface area contributed by atoms with Crippen molar-refractivity contribution in [3.8, 4) is 0 Å². The Hall–Kier alpha value is -0.610. The Morgan fingerprint density at radius 3 is 2.62 bits per heavy atom. The van der Waals surface area contributed by atoms with Crippen LogP contribution in [0.4, 0.5) is 0 Å². The Balaban J connectivity index is 2.78. The lowest BCUT2D eigenvalue weighted by Crippen LogP contribution is -2.32. The average molecular weight is 243 g/mol. The normalized spacial score (nSPS) is 13.1. The summed E-state index contributed by atoms with van der Waals surface area (Å²) in [4.78, 5) is 0. The summed E-state index contributed by atoms with van der Waals surface area (Å²) >= 11 is 6.17. The van der Waals surface area contributed by atoms with Crippen LogP contribution in [0.5, 0.6) is 0 Å². The van der Waals surface area contributed by atoms with Crippen molar-refractivity contribution in [2.45, 2.75) is 32.9 Å². The van der Waals surface area contributed by atoms with Crippen molar-refractivity contribution in [1.82, 2.24) is 5.43 Å². The number of nitrogens with one attached hydrogen (secondary N) is 1. The molecule has 0 fully saturated rings. The van der Waals surface area contributed by atoms with E-state index in [-0.39, 0.29) is 12.1 Å². The van der Waals surface area contributed by atoms with E-state index in [0.29, 0.717) is 6.61 Å². The fourth-order valence-electron chi connectivity index (χ4n) is 1.43. The van der Waals surface area contributed by atoms with E-state index in [1.54, 1.807) is 0 Å². The van der Waals surface area contributed by atoms with Crippen LogP contribution < -0.4 is 11.3 Å². The largest absolute Gasteiger partial charge is 0.377 e. The van der Waals surface area contributed by atoms with Crippen LogP contribution in [0.2, 0.25) is 5.02 Å². The molecule has 16 heavy (non-hydrogen) atoms. The highest BCUT2D eigenvalue weighted by Gasteiger charge is 2.14. The number of rotatable bonds is 5. The second-order valence-electron chi connectivity index (χ2n) is 4.13. The third kappa shape index (κ3) is 3.76. The number of aryl methyl sites for hydroxylation is 1. The molecule has 3 N–H and O–H groups in total. The summed E-state index contributed by atoms with van der Waals surface area (Å²) in [6, 6.07) is 5.85. The van der Waals surface area contributed by atoms with Crippen LogP contribution in [0.3, 0.4) is 0 Å². The SMILES string of the molecule is Cc1ccc(C(COC(C)C)NN)c(Cl)c1. The van der Waals surface area contributed by atoms with Gasteiger partial charge in [-0.1, -0.05) is 23.7 Å². The van der Waals surface area contributed by atoms with E-state index in [2.05, 4.69) is 5.43 Å². The molecular formula is C12H19ClN2O. The summed E-state index contributed by atoms with van der Waals surface area (Å²) in [5, 5.41) is 0.718. The zero-order chi connectivity index (χ0) is 12.1. The van der Waals surface area contributed by atoms with Gasteiger partial charge in [-0.15, -0.1) is 0 Å². The topological polar surface area (TPSA) is 47.3 Å². The van der Waals surface area contributed by atoms with Crippen LogP contribution in [-0.4, -0.2) is 12.7 Å². The van der Waals surface area contributed by atoms with Crippen LogP contribution in [-0.2, 0) is 4.74 Å². The van der Waals surface area contributed by atoms with Crippen LogP contribution in [0.1, 0.15) is 31.0 Å². The van der Waals surface area contributed by atoms with Crippen LogP contribution in [0.15, 0.2) is 18.2 Å². The number of ether oxygens (including phenoxy) is 1. The minimum absolute atomic E-state index is 0.0736. The van der Waals surface area contributed by atoms with Gasteiger partial charge in [0.25, 0.3) is 0 Å². The zero-order valence-corrected chi connectivity index (χ0v) is 10.7. The van der Waals surface area contributed by atoms with Crippen molar-refractivity contribution in [3.63, 3.8) is 0 Å². The van der Waals surface area contributed by atoms with Gasteiger partial charge in [-0.2, -0.15) is 0 Å². The highest BCUT2D eigenvalue weighted by atomic mass is 35.5. The maximum Gasteiger partial charge on any atom is 0.0708 e. The van der Waals surface area contributed by atoms with E-state index in [1.807, 2.05) is 39.0 Å².